The summed E-state index contributed by atoms with van der Waals surface area (Å²) in [4.78, 5) is 33.0. The van der Waals surface area contributed by atoms with Crippen LogP contribution in [0.1, 0.15) is 42.5 Å². The number of nitrogens with two attached hydrogens (primary N) is 1. The maximum Gasteiger partial charge on any atom is 0.339 e. The number of hydrogen-bond donors (Lipinski definition) is 2. The van der Waals surface area contributed by atoms with Gasteiger partial charge >= 0.3 is 5.97 Å². The van der Waals surface area contributed by atoms with Gasteiger partial charge in [0.15, 0.2) is 0 Å². The van der Waals surface area contributed by atoms with Crippen molar-refractivity contribution in [3.8, 4) is 34.4 Å². The van der Waals surface area contributed by atoms with Crippen LogP contribution in [-0.4, -0.2) is 77.7 Å². The normalized spacial score (nSPS) is 10.7. The van der Waals surface area contributed by atoms with Gasteiger partial charge in [-0.15, -0.1) is 43.1 Å². The molecule has 15 nitrogen and oxygen atoms in total. The molecule has 0 saturated carbocycles. The number of benzene rings is 4. The summed E-state index contributed by atoms with van der Waals surface area (Å²) < 4.78 is 29.0. The molecule has 0 saturated heterocycles. The molecule has 0 unspecified atom stereocenters. The number of carbonyl (C=O) groups excluding carboxylic acids is 2. The first-order chi connectivity index (χ1) is 28.2. The topological polar surface area (TPSA) is 204 Å². The van der Waals surface area contributed by atoms with Crippen molar-refractivity contribution in [2.75, 3.05) is 35.4 Å². The highest BCUT2D eigenvalue weighted by Crippen LogP contribution is 2.33. The number of thiazole rings is 2. The SMILES string of the molecule is CN.CNC(=O)c1cc(-c2nnc(Cc3nc4c(OC)cccc4s3)o2)ccc1Cl.COC(=O)c1cc(-c2nnc(Cc3nc4c(OC)cccc4s3)o2)ccc1Cl. The molecule has 8 rings (SSSR count). The van der Waals surface area contributed by atoms with E-state index in [2.05, 4.69) is 41.4 Å². The Hall–Kier alpha value is -5.98. The fraction of sp³-hybridized carbons (Fsp3) is 0.179. The highest BCUT2D eigenvalue weighted by atomic mass is 35.5. The van der Waals surface area contributed by atoms with Gasteiger partial charge in [0.25, 0.3) is 5.91 Å². The fourth-order valence-corrected chi connectivity index (χ4v) is 7.80. The average molecular weight is 862 g/mol. The summed E-state index contributed by atoms with van der Waals surface area (Å²) in [5, 5.41) is 21.2. The van der Waals surface area contributed by atoms with Crippen molar-refractivity contribution in [3.05, 3.63) is 116 Å². The Morgan fingerprint density at radius 3 is 1.60 bits per heavy atom. The van der Waals surface area contributed by atoms with Crippen molar-refractivity contribution in [2.45, 2.75) is 12.8 Å². The number of carbonyl (C=O) groups is 2. The van der Waals surface area contributed by atoms with E-state index in [0.717, 1.165) is 41.9 Å². The zero-order chi connectivity index (χ0) is 41.3. The lowest BCUT2D eigenvalue weighted by atomic mass is 10.1. The number of ether oxygens (including phenoxy) is 3. The summed E-state index contributed by atoms with van der Waals surface area (Å²) in [5.41, 5.74) is 7.91. The lowest BCUT2D eigenvalue weighted by Gasteiger charge is -2.04. The Labute approximate surface area is 349 Å². The second-order valence-corrected chi connectivity index (χ2v) is 14.7. The number of hydrogen-bond acceptors (Lipinski definition) is 16. The van der Waals surface area contributed by atoms with Gasteiger partial charge in [-0.25, -0.2) is 14.8 Å². The van der Waals surface area contributed by atoms with Crippen molar-refractivity contribution in [2.24, 2.45) is 5.73 Å². The Balaban J connectivity index is 0.000000188. The van der Waals surface area contributed by atoms with Crippen molar-refractivity contribution in [3.63, 3.8) is 0 Å². The van der Waals surface area contributed by atoms with Crippen LogP contribution >= 0.6 is 45.9 Å². The zero-order valence-corrected chi connectivity index (χ0v) is 34.7. The number of rotatable bonds is 10. The number of fused-ring (bicyclic) bond motifs is 2. The molecule has 0 aliphatic carbocycles. The van der Waals surface area contributed by atoms with Crippen LogP contribution in [0.15, 0.2) is 81.6 Å². The van der Waals surface area contributed by atoms with Gasteiger partial charge in [-0.3, -0.25) is 4.79 Å². The smallest absolute Gasteiger partial charge is 0.339 e. The van der Waals surface area contributed by atoms with Crippen LogP contribution in [-0.2, 0) is 17.6 Å². The predicted octanol–water partition coefficient (Wildman–Crippen LogP) is 7.92. The third-order valence-corrected chi connectivity index (χ3v) is 10.8. The molecule has 0 atom stereocenters. The monoisotopic (exact) mass is 860 g/mol. The van der Waals surface area contributed by atoms with Gasteiger partial charge in [-0.1, -0.05) is 35.3 Å². The fourth-order valence-electron chi connectivity index (χ4n) is 5.45. The van der Waals surface area contributed by atoms with E-state index in [-0.39, 0.29) is 17.4 Å². The summed E-state index contributed by atoms with van der Waals surface area (Å²) >= 11 is 15.2. The van der Waals surface area contributed by atoms with Crippen LogP contribution in [0.5, 0.6) is 11.5 Å². The first kappa shape index (κ1) is 41.6. The average Bonchev–Trinajstić information content (AvgIpc) is 4.08. The first-order valence-electron chi connectivity index (χ1n) is 17.2. The van der Waals surface area contributed by atoms with Crippen LogP contribution in [0, 0.1) is 0 Å². The van der Waals surface area contributed by atoms with E-state index in [0.29, 0.717) is 57.2 Å². The molecule has 19 heteroatoms. The second-order valence-electron chi connectivity index (χ2n) is 11.6. The molecule has 0 bridgehead atoms. The molecular weight excluding hydrogens is 828 g/mol. The quantitative estimate of drug-likeness (QED) is 0.126. The lowest BCUT2D eigenvalue weighted by molar-refractivity contribution is 0.0600. The maximum absolute atomic E-state index is 11.9. The number of halogens is 2. The highest BCUT2D eigenvalue weighted by molar-refractivity contribution is 7.19. The number of methoxy groups -OCH3 is 3. The number of aromatic nitrogens is 6. The van der Waals surface area contributed by atoms with Gasteiger partial charge in [-0.05, 0) is 67.7 Å². The molecule has 4 aromatic carbocycles. The standard InChI is InChI=1S/C19H15ClN4O3S.C19H14ClN3O4S.CH5N/c1-21-18(25)11-8-10(6-7-12(11)20)19-24-23-15(27-19)9-16-22-17-13(26-2)4-3-5-14(17)28-16;1-25-13-4-3-5-14-17(13)21-16(28-14)9-15-22-23-18(27-15)10-6-7-12(20)11(8-10)19(24)26-2;1-2/h3-8H,9H2,1-2H3,(H,21,25);3-8H,9H2,1-2H3;2H2,1H3. The van der Waals surface area contributed by atoms with Gasteiger partial charge in [0.2, 0.25) is 23.6 Å². The summed E-state index contributed by atoms with van der Waals surface area (Å²) in [5.74, 6) is 2.10. The van der Waals surface area contributed by atoms with Crippen molar-refractivity contribution in [1.82, 2.24) is 35.7 Å². The van der Waals surface area contributed by atoms with Gasteiger partial charge < -0.3 is 34.1 Å². The predicted molar refractivity (Wildman–Crippen MR) is 222 cm³/mol. The highest BCUT2D eigenvalue weighted by Gasteiger charge is 2.19. The number of para-hydroxylation sites is 2. The number of nitrogens with zero attached hydrogens (tertiary/aromatic N) is 6. The molecule has 4 heterocycles. The Bertz CT molecular complexity index is 2530. The van der Waals surface area contributed by atoms with Crippen LogP contribution in [0.4, 0.5) is 0 Å². The molecule has 1 amide bonds. The Morgan fingerprint density at radius 1 is 0.690 bits per heavy atom. The number of esters is 1. The van der Waals surface area contributed by atoms with Crippen LogP contribution in [0.2, 0.25) is 10.0 Å². The number of nitrogens with one attached hydrogen (secondary N) is 1. The minimum absolute atomic E-state index is 0.236. The third kappa shape index (κ3) is 9.25. The van der Waals surface area contributed by atoms with E-state index >= 15 is 0 Å². The second kappa shape index (κ2) is 19.0. The summed E-state index contributed by atoms with van der Waals surface area (Å²) in [6, 6.07) is 21.4. The molecule has 0 radical (unpaired) electrons. The molecule has 0 spiro atoms. The van der Waals surface area contributed by atoms with E-state index in [1.165, 1.54) is 14.2 Å². The maximum atomic E-state index is 11.9. The Kier molecular flexibility index (Phi) is 13.6. The summed E-state index contributed by atoms with van der Waals surface area (Å²) in [6.45, 7) is 0. The van der Waals surface area contributed by atoms with E-state index in [1.54, 1.807) is 80.3 Å². The summed E-state index contributed by atoms with van der Waals surface area (Å²) in [6.07, 6.45) is 0.804. The van der Waals surface area contributed by atoms with E-state index in [1.807, 2.05) is 36.4 Å². The van der Waals surface area contributed by atoms with Crippen LogP contribution in [0.25, 0.3) is 43.3 Å². The zero-order valence-electron chi connectivity index (χ0n) is 31.5. The molecular formula is C39H34Cl2N8O7S2. The third-order valence-electron chi connectivity index (χ3n) is 8.13. The van der Waals surface area contributed by atoms with E-state index in [4.69, 9.17) is 46.2 Å². The Morgan fingerprint density at radius 2 is 1.16 bits per heavy atom. The van der Waals surface area contributed by atoms with Gasteiger partial charge in [0, 0.05) is 18.2 Å². The number of amides is 1. The van der Waals surface area contributed by atoms with Crippen molar-refractivity contribution in [1.29, 1.82) is 0 Å². The van der Waals surface area contributed by atoms with Crippen molar-refractivity contribution >= 4 is 78.2 Å². The largest absolute Gasteiger partial charge is 0.494 e. The molecule has 298 valence electrons. The minimum atomic E-state index is -0.532. The van der Waals surface area contributed by atoms with Crippen molar-refractivity contribution < 1.29 is 32.6 Å². The minimum Gasteiger partial charge on any atom is -0.494 e. The van der Waals surface area contributed by atoms with Gasteiger partial charge in [0.1, 0.15) is 32.5 Å². The lowest BCUT2D eigenvalue weighted by Crippen LogP contribution is -2.18. The molecule has 8 aromatic rings. The molecule has 4 aromatic heterocycles. The van der Waals surface area contributed by atoms with Crippen LogP contribution < -0.4 is 20.5 Å². The molecule has 0 aliphatic rings. The van der Waals surface area contributed by atoms with Gasteiger partial charge in [0.05, 0.1) is 64.7 Å². The molecule has 58 heavy (non-hydrogen) atoms. The van der Waals surface area contributed by atoms with E-state index in [9.17, 15) is 9.59 Å². The van der Waals surface area contributed by atoms with E-state index < -0.39 is 5.97 Å². The molecule has 3 N–H and O–H groups in total. The first-order valence-corrected chi connectivity index (χ1v) is 19.5. The molecule has 0 fully saturated rings. The van der Waals surface area contributed by atoms with Gasteiger partial charge in [-0.2, -0.15) is 0 Å². The summed E-state index contributed by atoms with van der Waals surface area (Å²) in [7, 11) is 7.58. The van der Waals surface area contributed by atoms with Crippen LogP contribution in [0.3, 0.4) is 0 Å². The molecule has 0 aliphatic heterocycles.